The Labute approximate surface area is 151 Å². The standard InChI is InChI=1S/C19H20N2O5/c1-4-7-13-9-12(10-14-17(22)20-19(24)21-18(14)23)11-15(25-6-3)16(13)26-8-5-2/h4-5,9-11H,1-2,6-8H2,3H3,(H2,20,21,22,23,24). The predicted molar refractivity (Wildman–Crippen MR) is 96.9 cm³/mol. The lowest BCUT2D eigenvalue weighted by atomic mass is 10.0. The Morgan fingerprint density at radius 3 is 2.31 bits per heavy atom. The molecule has 7 nitrogen and oxygen atoms in total. The molecule has 4 amide bonds. The van der Waals surface area contributed by atoms with Crippen molar-refractivity contribution in [2.24, 2.45) is 0 Å². The fraction of sp³-hybridized carbons (Fsp3) is 0.211. The molecule has 0 radical (unpaired) electrons. The van der Waals surface area contributed by atoms with Gasteiger partial charge in [-0.15, -0.1) is 6.58 Å². The molecule has 1 aromatic rings. The number of carbonyl (C=O) groups excluding carboxylic acids is 3. The zero-order chi connectivity index (χ0) is 19.1. The summed E-state index contributed by atoms with van der Waals surface area (Å²) in [6.07, 6.45) is 5.22. The van der Waals surface area contributed by atoms with Gasteiger partial charge in [0.2, 0.25) is 0 Å². The van der Waals surface area contributed by atoms with Crippen LogP contribution in [-0.4, -0.2) is 31.1 Å². The fourth-order valence-electron chi connectivity index (χ4n) is 2.42. The Kier molecular flexibility index (Phi) is 6.32. The summed E-state index contributed by atoms with van der Waals surface area (Å²) in [7, 11) is 0. The number of barbiturate groups is 1. The summed E-state index contributed by atoms with van der Waals surface area (Å²) in [6, 6.07) is 2.60. The van der Waals surface area contributed by atoms with Crippen LogP contribution in [-0.2, 0) is 16.0 Å². The predicted octanol–water partition coefficient (Wildman–Crippen LogP) is 2.13. The summed E-state index contributed by atoms with van der Waals surface area (Å²) in [5.41, 5.74) is 1.18. The van der Waals surface area contributed by atoms with Crippen molar-refractivity contribution in [3.05, 3.63) is 54.1 Å². The van der Waals surface area contributed by atoms with Crippen molar-refractivity contribution in [1.82, 2.24) is 10.6 Å². The molecule has 0 bridgehead atoms. The number of nitrogens with one attached hydrogen (secondary N) is 2. The van der Waals surface area contributed by atoms with Gasteiger partial charge in [0.15, 0.2) is 11.5 Å². The van der Waals surface area contributed by atoms with Crippen molar-refractivity contribution in [2.45, 2.75) is 13.3 Å². The Morgan fingerprint density at radius 1 is 1.04 bits per heavy atom. The van der Waals surface area contributed by atoms with E-state index in [2.05, 4.69) is 13.2 Å². The minimum atomic E-state index is -0.840. The molecule has 1 fully saturated rings. The molecule has 26 heavy (non-hydrogen) atoms. The number of hydrogen-bond donors (Lipinski definition) is 2. The Morgan fingerprint density at radius 2 is 1.73 bits per heavy atom. The molecule has 0 atom stereocenters. The van der Waals surface area contributed by atoms with Crippen molar-refractivity contribution in [2.75, 3.05) is 13.2 Å². The molecule has 1 aliphatic heterocycles. The highest BCUT2D eigenvalue weighted by molar-refractivity contribution is 6.31. The lowest BCUT2D eigenvalue weighted by Crippen LogP contribution is -2.51. The van der Waals surface area contributed by atoms with Crippen LogP contribution in [0.25, 0.3) is 6.08 Å². The number of carbonyl (C=O) groups is 3. The SMILES string of the molecule is C=CCOc1c(CC=C)cc(C=C2C(=O)NC(=O)NC2=O)cc1OCC. The summed E-state index contributed by atoms with van der Waals surface area (Å²) < 4.78 is 11.4. The molecule has 1 heterocycles. The molecule has 136 valence electrons. The highest BCUT2D eigenvalue weighted by Gasteiger charge is 2.27. The Hall–Kier alpha value is -3.35. The zero-order valence-corrected chi connectivity index (χ0v) is 14.5. The summed E-state index contributed by atoms with van der Waals surface area (Å²) in [5, 5.41) is 4.08. The van der Waals surface area contributed by atoms with Crippen LogP contribution >= 0.6 is 0 Å². The van der Waals surface area contributed by atoms with Crippen LogP contribution < -0.4 is 20.1 Å². The third-order valence-electron chi connectivity index (χ3n) is 3.42. The first-order valence-corrected chi connectivity index (χ1v) is 8.02. The molecule has 0 unspecified atom stereocenters. The van der Waals surface area contributed by atoms with Gasteiger partial charge >= 0.3 is 6.03 Å². The van der Waals surface area contributed by atoms with E-state index in [0.717, 1.165) is 5.56 Å². The molecule has 0 saturated carbocycles. The average Bonchev–Trinajstić information content (AvgIpc) is 2.58. The highest BCUT2D eigenvalue weighted by Crippen LogP contribution is 2.34. The first kappa shape index (κ1) is 19.0. The topological polar surface area (TPSA) is 93.7 Å². The molecule has 2 rings (SSSR count). The Balaban J connectivity index is 2.51. The van der Waals surface area contributed by atoms with E-state index in [-0.39, 0.29) is 5.57 Å². The summed E-state index contributed by atoms with van der Waals surface area (Å²) in [5.74, 6) is -0.474. The minimum absolute atomic E-state index is 0.170. The normalized spacial score (nSPS) is 13.6. The molecule has 2 N–H and O–H groups in total. The molecule has 0 aliphatic carbocycles. The second-order valence-electron chi connectivity index (χ2n) is 5.33. The monoisotopic (exact) mass is 356 g/mol. The summed E-state index contributed by atoms with van der Waals surface area (Å²) in [4.78, 5) is 35.0. The van der Waals surface area contributed by atoms with Gasteiger partial charge in [-0.1, -0.05) is 18.7 Å². The van der Waals surface area contributed by atoms with Crippen molar-refractivity contribution in [3.63, 3.8) is 0 Å². The van der Waals surface area contributed by atoms with Crippen LogP contribution in [0.4, 0.5) is 4.79 Å². The van der Waals surface area contributed by atoms with Crippen LogP contribution in [0.15, 0.2) is 43.0 Å². The van der Waals surface area contributed by atoms with E-state index in [1.54, 1.807) is 24.3 Å². The number of imide groups is 2. The van der Waals surface area contributed by atoms with Crippen LogP contribution in [0.3, 0.4) is 0 Å². The molecule has 0 spiro atoms. The molecule has 7 heteroatoms. The van der Waals surface area contributed by atoms with Crippen LogP contribution in [0, 0.1) is 0 Å². The number of amides is 4. The first-order valence-electron chi connectivity index (χ1n) is 8.02. The lowest BCUT2D eigenvalue weighted by molar-refractivity contribution is -0.123. The maximum Gasteiger partial charge on any atom is 0.328 e. The molecular weight excluding hydrogens is 336 g/mol. The maximum atomic E-state index is 11.9. The minimum Gasteiger partial charge on any atom is -0.490 e. The second kappa shape index (κ2) is 8.66. The van der Waals surface area contributed by atoms with Gasteiger partial charge < -0.3 is 9.47 Å². The smallest absolute Gasteiger partial charge is 0.328 e. The van der Waals surface area contributed by atoms with Crippen molar-refractivity contribution < 1.29 is 23.9 Å². The summed E-state index contributed by atoms with van der Waals surface area (Å²) >= 11 is 0. The summed E-state index contributed by atoms with van der Waals surface area (Å²) in [6.45, 7) is 9.92. The highest BCUT2D eigenvalue weighted by atomic mass is 16.5. The molecule has 1 aromatic carbocycles. The molecule has 1 saturated heterocycles. The average molecular weight is 356 g/mol. The number of allylic oxidation sites excluding steroid dienone is 1. The largest absolute Gasteiger partial charge is 0.490 e. The maximum absolute atomic E-state index is 11.9. The van der Waals surface area contributed by atoms with E-state index in [1.165, 1.54) is 6.08 Å². The molecule has 1 aliphatic rings. The van der Waals surface area contributed by atoms with Gasteiger partial charge in [-0.05, 0) is 37.1 Å². The van der Waals surface area contributed by atoms with E-state index >= 15 is 0 Å². The number of ether oxygens (including phenoxy) is 2. The van der Waals surface area contributed by atoms with E-state index in [9.17, 15) is 14.4 Å². The van der Waals surface area contributed by atoms with Gasteiger partial charge in [0.25, 0.3) is 11.8 Å². The van der Waals surface area contributed by atoms with Crippen LogP contribution in [0.5, 0.6) is 11.5 Å². The zero-order valence-electron chi connectivity index (χ0n) is 14.5. The number of urea groups is 1. The number of hydrogen-bond acceptors (Lipinski definition) is 5. The van der Waals surface area contributed by atoms with Gasteiger partial charge in [-0.25, -0.2) is 4.79 Å². The van der Waals surface area contributed by atoms with Gasteiger partial charge in [0.05, 0.1) is 6.61 Å². The molecule has 0 aromatic heterocycles. The van der Waals surface area contributed by atoms with E-state index in [0.29, 0.717) is 36.7 Å². The van der Waals surface area contributed by atoms with Crippen molar-refractivity contribution in [3.8, 4) is 11.5 Å². The van der Waals surface area contributed by atoms with E-state index in [1.807, 2.05) is 17.6 Å². The number of benzene rings is 1. The lowest BCUT2D eigenvalue weighted by Gasteiger charge is -2.17. The quantitative estimate of drug-likeness (QED) is 0.423. The van der Waals surface area contributed by atoms with Crippen molar-refractivity contribution >= 4 is 23.9 Å². The first-order chi connectivity index (χ1) is 12.5. The third-order valence-corrected chi connectivity index (χ3v) is 3.42. The Bertz CT molecular complexity index is 773. The third kappa shape index (κ3) is 4.38. The number of rotatable bonds is 8. The van der Waals surface area contributed by atoms with E-state index in [4.69, 9.17) is 9.47 Å². The molecular formula is C19H20N2O5. The van der Waals surface area contributed by atoms with Crippen LogP contribution in [0.1, 0.15) is 18.1 Å². The van der Waals surface area contributed by atoms with Gasteiger partial charge in [0.1, 0.15) is 12.2 Å². The second-order valence-corrected chi connectivity index (χ2v) is 5.33. The van der Waals surface area contributed by atoms with Crippen LogP contribution in [0.2, 0.25) is 0 Å². The van der Waals surface area contributed by atoms with E-state index < -0.39 is 17.8 Å². The van der Waals surface area contributed by atoms with Gasteiger partial charge in [-0.2, -0.15) is 0 Å². The van der Waals surface area contributed by atoms with Gasteiger partial charge in [0, 0.05) is 5.56 Å². The van der Waals surface area contributed by atoms with Gasteiger partial charge in [-0.3, -0.25) is 20.2 Å². The van der Waals surface area contributed by atoms with Crippen molar-refractivity contribution in [1.29, 1.82) is 0 Å². The fourth-order valence-corrected chi connectivity index (χ4v) is 2.42.